The molecule has 2 fully saturated rings. The first-order valence-corrected chi connectivity index (χ1v) is 13.5. The Morgan fingerprint density at radius 3 is 2.53 bits per heavy atom. The predicted octanol–water partition coefficient (Wildman–Crippen LogP) is 3.92. The van der Waals surface area contributed by atoms with Crippen LogP contribution < -0.4 is 15.4 Å². The SMILES string of the molecule is CC1(C)Cc2c(C(=O)C3(S(N)(=O)=O)CC3)ccc(Cl)c2NC1c1cccc(N2CCOCC2)c1. The van der Waals surface area contributed by atoms with Crippen molar-refractivity contribution in [2.45, 2.75) is 43.9 Å². The molecule has 5 rings (SSSR count). The zero-order valence-electron chi connectivity index (χ0n) is 19.4. The van der Waals surface area contributed by atoms with Gasteiger partial charge in [-0.25, -0.2) is 13.6 Å². The molecule has 1 unspecified atom stereocenters. The average molecular weight is 504 g/mol. The fourth-order valence-corrected chi connectivity index (χ4v) is 6.60. The van der Waals surface area contributed by atoms with Gasteiger partial charge in [-0.1, -0.05) is 37.6 Å². The fraction of sp³-hybridized carbons (Fsp3) is 0.480. The zero-order chi connectivity index (χ0) is 24.3. The Balaban J connectivity index is 1.52. The van der Waals surface area contributed by atoms with Crippen LogP contribution in [0.15, 0.2) is 36.4 Å². The molecule has 3 aliphatic rings. The lowest BCUT2D eigenvalue weighted by Crippen LogP contribution is -2.40. The van der Waals surface area contributed by atoms with Crippen molar-refractivity contribution in [2.24, 2.45) is 10.6 Å². The lowest BCUT2D eigenvalue weighted by molar-refractivity contribution is 0.0976. The molecule has 0 spiro atoms. The fourth-order valence-electron chi connectivity index (χ4n) is 5.33. The molecular weight excluding hydrogens is 474 g/mol. The number of Topliss-reactive ketones (excluding diaryl/α,β-unsaturated/α-hetero) is 1. The molecular formula is C25H30ClN3O4S. The summed E-state index contributed by atoms with van der Waals surface area (Å²) in [6.45, 7) is 7.45. The number of fused-ring (bicyclic) bond motifs is 1. The zero-order valence-corrected chi connectivity index (χ0v) is 21.0. The van der Waals surface area contributed by atoms with Crippen LogP contribution >= 0.6 is 11.6 Å². The van der Waals surface area contributed by atoms with E-state index in [-0.39, 0.29) is 24.3 Å². The monoisotopic (exact) mass is 503 g/mol. The number of morpholine rings is 1. The molecule has 3 N–H and O–H groups in total. The second-order valence-electron chi connectivity index (χ2n) is 10.3. The topological polar surface area (TPSA) is 102 Å². The molecule has 34 heavy (non-hydrogen) atoms. The van der Waals surface area contributed by atoms with Gasteiger partial charge in [0, 0.05) is 24.3 Å². The molecule has 9 heteroatoms. The van der Waals surface area contributed by atoms with E-state index >= 15 is 0 Å². The van der Waals surface area contributed by atoms with Crippen LogP contribution in [0.4, 0.5) is 11.4 Å². The van der Waals surface area contributed by atoms with Crippen LogP contribution in [-0.2, 0) is 21.2 Å². The number of ketones is 1. The van der Waals surface area contributed by atoms with Gasteiger partial charge >= 0.3 is 0 Å². The van der Waals surface area contributed by atoms with Crippen LogP contribution in [0.25, 0.3) is 0 Å². The van der Waals surface area contributed by atoms with E-state index in [9.17, 15) is 13.2 Å². The average Bonchev–Trinajstić information content (AvgIpc) is 3.61. The van der Waals surface area contributed by atoms with Crippen LogP contribution in [0.1, 0.15) is 54.2 Å². The predicted molar refractivity (Wildman–Crippen MR) is 134 cm³/mol. The number of nitrogens with zero attached hydrogens (tertiary/aromatic N) is 1. The Morgan fingerprint density at radius 1 is 1.18 bits per heavy atom. The van der Waals surface area contributed by atoms with Gasteiger partial charge in [0.1, 0.15) is 4.75 Å². The number of rotatable bonds is 5. The van der Waals surface area contributed by atoms with E-state index in [1.165, 1.54) is 0 Å². The highest BCUT2D eigenvalue weighted by atomic mass is 35.5. The van der Waals surface area contributed by atoms with Gasteiger partial charge in [0.15, 0.2) is 5.78 Å². The normalized spacial score (nSPS) is 23.1. The van der Waals surface area contributed by atoms with Crippen molar-refractivity contribution in [1.82, 2.24) is 0 Å². The van der Waals surface area contributed by atoms with E-state index in [1.807, 2.05) is 0 Å². The highest BCUT2D eigenvalue weighted by molar-refractivity contribution is 7.91. The van der Waals surface area contributed by atoms with Crippen molar-refractivity contribution >= 4 is 38.8 Å². The number of halogens is 1. The summed E-state index contributed by atoms with van der Waals surface area (Å²) in [6.07, 6.45) is 1.09. The van der Waals surface area contributed by atoms with Crippen molar-refractivity contribution in [2.75, 3.05) is 36.5 Å². The van der Waals surface area contributed by atoms with Crippen LogP contribution in [0, 0.1) is 5.41 Å². The molecule has 182 valence electrons. The van der Waals surface area contributed by atoms with Crippen molar-refractivity contribution < 1.29 is 17.9 Å². The number of carbonyl (C=O) groups excluding carboxylic acids is 1. The van der Waals surface area contributed by atoms with Gasteiger partial charge in [0.2, 0.25) is 10.0 Å². The van der Waals surface area contributed by atoms with Gasteiger partial charge in [-0.3, -0.25) is 4.79 Å². The molecule has 1 saturated heterocycles. The largest absolute Gasteiger partial charge is 0.378 e. The molecule has 0 aromatic heterocycles. The van der Waals surface area contributed by atoms with Gasteiger partial charge < -0.3 is 15.0 Å². The lowest BCUT2D eigenvalue weighted by atomic mass is 9.71. The molecule has 1 atom stereocenters. The number of nitrogens with two attached hydrogens (primary N) is 1. The summed E-state index contributed by atoms with van der Waals surface area (Å²) >= 11 is 6.60. The Labute approximate surface area is 205 Å². The van der Waals surface area contributed by atoms with Crippen molar-refractivity contribution in [3.8, 4) is 0 Å². The molecule has 2 aliphatic heterocycles. The standard InChI is InChI=1S/C25H30ClN3O4S/c1-24(2)15-19-18(23(30)25(8-9-25)34(27,31)32)6-7-20(26)21(19)28-22(24)16-4-3-5-17(14-16)29-10-12-33-13-11-29/h3-7,14,22,28H,8-13,15H2,1-2H3,(H2,27,31,32). The summed E-state index contributed by atoms with van der Waals surface area (Å²) in [5.74, 6) is -0.423. The molecule has 0 radical (unpaired) electrons. The number of primary sulfonamides is 1. The van der Waals surface area contributed by atoms with Crippen molar-refractivity contribution in [1.29, 1.82) is 0 Å². The quantitative estimate of drug-likeness (QED) is 0.600. The second-order valence-corrected chi connectivity index (χ2v) is 12.5. The minimum Gasteiger partial charge on any atom is -0.378 e. The van der Waals surface area contributed by atoms with Crippen LogP contribution in [0.3, 0.4) is 0 Å². The van der Waals surface area contributed by atoms with E-state index in [0.717, 1.165) is 43.1 Å². The number of anilines is 2. The Kier molecular flexibility index (Phi) is 5.71. The van der Waals surface area contributed by atoms with E-state index in [4.69, 9.17) is 21.5 Å². The molecule has 0 bridgehead atoms. The summed E-state index contributed by atoms with van der Waals surface area (Å²) in [6, 6.07) is 11.8. The van der Waals surface area contributed by atoms with E-state index < -0.39 is 20.6 Å². The summed E-state index contributed by atoms with van der Waals surface area (Å²) in [7, 11) is -3.99. The summed E-state index contributed by atoms with van der Waals surface area (Å²) in [4.78, 5) is 15.7. The van der Waals surface area contributed by atoms with Crippen molar-refractivity contribution in [3.05, 3.63) is 58.1 Å². The molecule has 2 heterocycles. The highest BCUT2D eigenvalue weighted by Gasteiger charge is 2.60. The smallest absolute Gasteiger partial charge is 0.222 e. The van der Waals surface area contributed by atoms with Gasteiger partial charge in [0.25, 0.3) is 0 Å². The third kappa shape index (κ3) is 3.90. The lowest BCUT2D eigenvalue weighted by Gasteiger charge is -2.42. The van der Waals surface area contributed by atoms with Crippen molar-refractivity contribution in [3.63, 3.8) is 0 Å². The third-order valence-corrected chi connectivity index (χ3v) is 9.45. The Bertz CT molecular complexity index is 1250. The minimum atomic E-state index is -3.99. The van der Waals surface area contributed by atoms with Crippen LogP contribution in [0.2, 0.25) is 5.02 Å². The van der Waals surface area contributed by atoms with Crippen LogP contribution in [-0.4, -0.2) is 45.3 Å². The summed E-state index contributed by atoms with van der Waals surface area (Å²) in [5.41, 5.74) is 3.87. The number of carbonyl (C=O) groups is 1. The van der Waals surface area contributed by atoms with E-state index in [1.54, 1.807) is 12.1 Å². The molecule has 2 aromatic rings. The number of nitrogens with one attached hydrogen (secondary N) is 1. The van der Waals surface area contributed by atoms with E-state index in [2.05, 4.69) is 48.3 Å². The number of sulfonamides is 1. The maximum atomic E-state index is 13.4. The van der Waals surface area contributed by atoms with Gasteiger partial charge in [-0.05, 0) is 60.1 Å². The first kappa shape index (κ1) is 23.6. The molecule has 1 saturated carbocycles. The van der Waals surface area contributed by atoms with Gasteiger partial charge in [0.05, 0.1) is 30.0 Å². The summed E-state index contributed by atoms with van der Waals surface area (Å²) in [5, 5.41) is 9.56. The highest BCUT2D eigenvalue weighted by Crippen LogP contribution is 2.51. The molecule has 1 aliphatic carbocycles. The number of hydrogen-bond acceptors (Lipinski definition) is 6. The maximum absolute atomic E-state index is 13.4. The number of benzene rings is 2. The minimum absolute atomic E-state index is 0.0445. The Morgan fingerprint density at radius 2 is 1.88 bits per heavy atom. The molecule has 0 amide bonds. The molecule has 2 aromatic carbocycles. The first-order valence-electron chi connectivity index (χ1n) is 11.6. The maximum Gasteiger partial charge on any atom is 0.222 e. The van der Waals surface area contributed by atoms with Gasteiger partial charge in [-0.2, -0.15) is 0 Å². The number of ether oxygens (including phenoxy) is 1. The second kappa shape index (κ2) is 8.22. The summed E-state index contributed by atoms with van der Waals surface area (Å²) < 4.78 is 28.4. The van der Waals surface area contributed by atoms with Crippen LogP contribution in [0.5, 0.6) is 0 Å². The Hall–Kier alpha value is -2.13. The number of hydrogen-bond donors (Lipinski definition) is 2. The third-order valence-electron chi connectivity index (χ3n) is 7.45. The first-order chi connectivity index (χ1) is 16.0. The van der Waals surface area contributed by atoms with E-state index in [0.29, 0.717) is 22.7 Å². The molecule has 7 nitrogen and oxygen atoms in total. The van der Waals surface area contributed by atoms with Gasteiger partial charge in [-0.15, -0.1) is 0 Å².